The SMILES string of the molecule is O=C(N/N=C\c1ccc(O)cc1)c1cccn(Cc2ccccc2Cl)c1=O. The minimum atomic E-state index is -0.608. The summed E-state index contributed by atoms with van der Waals surface area (Å²) in [7, 11) is 0. The molecule has 136 valence electrons. The Hall–Kier alpha value is -3.38. The van der Waals surface area contributed by atoms with Crippen LogP contribution in [0.4, 0.5) is 0 Å². The van der Waals surface area contributed by atoms with Crippen LogP contribution in [0.1, 0.15) is 21.5 Å². The monoisotopic (exact) mass is 381 g/mol. The van der Waals surface area contributed by atoms with Crippen LogP contribution in [0, 0.1) is 0 Å². The second kappa shape index (κ2) is 8.33. The van der Waals surface area contributed by atoms with E-state index < -0.39 is 11.5 Å². The van der Waals surface area contributed by atoms with Gasteiger partial charge in [0, 0.05) is 11.2 Å². The molecule has 0 aliphatic carbocycles. The van der Waals surface area contributed by atoms with Crippen molar-refractivity contribution in [2.45, 2.75) is 6.54 Å². The molecule has 0 saturated heterocycles. The van der Waals surface area contributed by atoms with Gasteiger partial charge < -0.3 is 9.67 Å². The third-order valence-corrected chi connectivity index (χ3v) is 4.20. The number of pyridine rings is 1. The number of carbonyl (C=O) groups is 1. The predicted octanol–water partition coefficient (Wildman–Crippen LogP) is 3.02. The molecule has 0 spiro atoms. The van der Waals surface area contributed by atoms with Crippen molar-refractivity contribution in [3.05, 3.63) is 98.9 Å². The van der Waals surface area contributed by atoms with Crippen molar-refractivity contribution in [3.63, 3.8) is 0 Å². The van der Waals surface area contributed by atoms with E-state index in [0.717, 1.165) is 5.56 Å². The number of amides is 1. The summed E-state index contributed by atoms with van der Waals surface area (Å²) < 4.78 is 1.42. The van der Waals surface area contributed by atoms with E-state index in [4.69, 9.17) is 11.6 Å². The number of benzene rings is 2. The molecule has 3 rings (SSSR count). The number of hydrogen-bond acceptors (Lipinski definition) is 4. The lowest BCUT2D eigenvalue weighted by Crippen LogP contribution is -2.30. The number of phenolic OH excluding ortho intramolecular Hbond substituents is 1. The van der Waals surface area contributed by atoms with Crippen molar-refractivity contribution in [1.29, 1.82) is 0 Å². The van der Waals surface area contributed by atoms with Crippen molar-refractivity contribution in [3.8, 4) is 5.75 Å². The summed E-state index contributed by atoms with van der Waals surface area (Å²) in [6, 6.07) is 16.6. The van der Waals surface area contributed by atoms with Gasteiger partial charge in [0.1, 0.15) is 11.3 Å². The molecular formula is C20H16ClN3O3. The lowest BCUT2D eigenvalue weighted by molar-refractivity contribution is 0.0953. The topological polar surface area (TPSA) is 83.7 Å². The van der Waals surface area contributed by atoms with Crippen molar-refractivity contribution in [2.75, 3.05) is 0 Å². The average molecular weight is 382 g/mol. The highest BCUT2D eigenvalue weighted by Crippen LogP contribution is 2.15. The summed E-state index contributed by atoms with van der Waals surface area (Å²) in [5.41, 5.74) is 3.35. The van der Waals surface area contributed by atoms with Crippen LogP contribution >= 0.6 is 11.6 Å². The number of phenols is 1. The third kappa shape index (κ3) is 4.62. The number of nitrogens with one attached hydrogen (secondary N) is 1. The van der Waals surface area contributed by atoms with Crippen LogP contribution in [0.15, 0.2) is 76.8 Å². The first kappa shape index (κ1) is 18.4. The van der Waals surface area contributed by atoms with Gasteiger partial charge in [-0.2, -0.15) is 5.10 Å². The fraction of sp³-hybridized carbons (Fsp3) is 0.0500. The Morgan fingerprint density at radius 2 is 1.85 bits per heavy atom. The van der Waals surface area contributed by atoms with Gasteiger partial charge in [0.25, 0.3) is 11.5 Å². The number of aromatic hydroxyl groups is 1. The molecular weight excluding hydrogens is 366 g/mol. The fourth-order valence-electron chi connectivity index (χ4n) is 2.43. The van der Waals surface area contributed by atoms with Gasteiger partial charge in [-0.3, -0.25) is 9.59 Å². The Labute approximate surface area is 160 Å². The summed E-state index contributed by atoms with van der Waals surface area (Å²) in [5, 5.41) is 13.6. The molecule has 0 unspecified atom stereocenters. The highest BCUT2D eigenvalue weighted by molar-refractivity contribution is 6.31. The zero-order valence-corrected chi connectivity index (χ0v) is 14.9. The molecule has 27 heavy (non-hydrogen) atoms. The van der Waals surface area contributed by atoms with E-state index in [1.807, 2.05) is 18.2 Å². The predicted molar refractivity (Wildman–Crippen MR) is 104 cm³/mol. The van der Waals surface area contributed by atoms with E-state index in [0.29, 0.717) is 10.6 Å². The van der Waals surface area contributed by atoms with Gasteiger partial charge in [-0.05, 0) is 53.6 Å². The Balaban J connectivity index is 1.74. The van der Waals surface area contributed by atoms with E-state index in [1.165, 1.54) is 29.0 Å². The molecule has 1 heterocycles. The normalized spacial score (nSPS) is 10.9. The molecule has 0 saturated carbocycles. The minimum absolute atomic E-state index is 0.0209. The molecule has 0 aliphatic rings. The molecule has 3 aromatic rings. The van der Waals surface area contributed by atoms with Crippen LogP contribution in [-0.4, -0.2) is 21.8 Å². The Kier molecular flexibility index (Phi) is 5.68. The summed E-state index contributed by atoms with van der Waals surface area (Å²) in [5.74, 6) is -0.469. The maximum atomic E-state index is 12.6. The van der Waals surface area contributed by atoms with Crippen molar-refractivity contribution in [1.82, 2.24) is 9.99 Å². The zero-order chi connectivity index (χ0) is 19.2. The molecule has 0 bridgehead atoms. The molecule has 0 radical (unpaired) electrons. The van der Waals surface area contributed by atoms with Gasteiger partial charge in [0.15, 0.2) is 0 Å². The Bertz CT molecular complexity index is 1040. The van der Waals surface area contributed by atoms with Gasteiger partial charge >= 0.3 is 0 Å². The van der Waals surface area contributed by atoms with Crippen molar-refractivity contribution >= 4 is 23.7 Å². The number of hydrogen-bond donors (Lipinski definition) is 2. The Morgan fingerprint density at radius 3 is 2.59 bits per heavy atom. The highest BCUT2D eigenvalue weighted by atomic mass is 35.5. The highest BCUT2D eigenvalue weighted by Gasteiger charge is 2.12. The molecule has 0 atom stereocenters. The number of hydrazone groups is 1. The van der Waals surface area contributed by atoms with Crippen molar-refractivity contribution in [2.24, 2.45) is 5.10 Å². The number of carbonyl (C=O) groups excluding carboxylic acids is 1. The molecule has 2 N–H and O–H groups in total. The van der Waals surface area contributed by atoms with Gasteiger partial charge in [0.05, 0.1) is 12.8 Å². The minimum Gasteiger partial charge on any atom is -0.508 e. The maximum absolute atomic E-state index is 12.6. The maximum Gasteiger partial charge on any atom is 0.276 e. The molecule has 1 aromatic heterocycles. The first-order valence-electron chi connectivity index (χ1n) is 8.10. The lowest BCUT2D eigenvalue weighted by atomic mass is 10.2. The zero-order valence-electron chi connectivity index (χ0n) is 14.2. The molecule has 0 aliphatic heterocycles. The van der Waals surface area contributed by atoms with E-state index >= 15 is 0 Å². The van der Waals surface area contributed by atoms with Gasteiger partial charge in [-0.25, -0.2) is 5.43 Å². The third-order valence-electron chi connectivity index (χ3n) is 3.84. The van der Waals surface area contributed by atoms with Crippen LogP contribution in [0.25, 0.3) is 0 Å². The molecule has 7 heteroatoms. The summed E-state index contributed by atoms with van der Waals surface area (Å²) >= 11 is 6.14. The van der Waals surface area contributed by atoms with E-state index in [2.05, 4.69) is 10.5 Å². The number of aromatic nitrogens is 1. The average Bonchev–Trinajstić information content (AvgIpc) is 2.66. The molecule has 0 fully saturated rings. The number of nitrogens with zero attached hydrogens (tertiary/aromatic N) is 2. The van der Waals surface area contributed by atoms with Crippen LogP contribution < -0.4 is 11.0 Å². The van der Waals surface area contributed by atoms with Crippen molar-refractivity contribution < 1.29 is 9.90 Å². The van der Waals surface area contributed by atoms with Gasteiger partial charge in [0.2, 0.25) is 0 Å². The number of rotatable bonds is 5. The first-order valence-corrected chi connectivity index (χ1v) is 8.47. The smallest absolute Gasteiger partial charge is 0.276 e. The van der Waals surface area contributed by atoms with E-state index in [1.54, 1.807) is 30.5 Å². The first-order chi connectivity index (χ1) is 13.0. The second-order valence-corrected chi connectivity index (χ2v) is 6.14. The van der Waals surface area contributed by atoms with Gasteiger partial charge in [-0.15, -0.1) is 0 Å². The van der Waals surface area contributed by atoms with Gasteiger partial charge in [-0.1, -0.05) is 29.8 Å². The van der Waals surface area contributed by atoms with E-state index in [9.17, 15) is 14.7 Å². The summed E-state index contributed by atoms with van der Waals surface area (Å²) in [4.78, 5) is 24.9. The van der Waals surface area contributed by atoms with Crippen LogP contribution in [0.3, 0.4) is 0 Å². The second-order valence-electron chi connectivity index (χ2n) is 5.74. The summed E-state index contributed by atoms with van der Waals surface area (Å²) in [6.07, 6.45) is 3.02. The summed E-state index contributed by atoms with van der Waals surface area (Å²) in [6.45, 7) is 0.260. The molecule has 2 aromatic carbocycles. The standard InChI is InChI=1S/C20H16ClN3O3/c21-18-6-2-1-4-15(18)13-24-11-3-5-17(20(24)27)19(26)23-22-12-14-7-9-16(25)10-8-14/h1-12,25H,13H2,(H,23,26)/b22-12-. The Morgan fingerprint density at radius 1 is 1.11 bits per heavy atom. The van der Waals surface area contributed by atoms with Crippen LogP contribution in [-0.2, 0) is 6.54 Å². The fourth-order valence-corrected chi connectivity index (χ4v) is 2.63. The van der Waals surface area contributed by atoms with Crippen LogP contribution in [0.5, 0.6) is 5.75 Å². The molecule has 1 amide bonds. The molecule has 6 nitrogen and oxygen atoms in total. The largest absolute Gasteiger partial charge is 0.508 e. The number of halogens is 1. The van der Waals surface area contributed by atoms with Crippen LogP contribution in [0.2, 0.25) is 5.02 Å². The van der Waals surface area contributed by atoms with E-state index in [-0.39, 0.29) is 17.9 Å². The quantitative estimate of drug-likeness (QED) is 0.526. The lowest BCUT2D eigenvalue weighted by Gasteiger charge is -2.09.